The molecule has 1 saturated heterocycles. The number of carboxylic acid groups (broad SMARTS) is 1. The summed E-state index contributed by atoms with van der Waals surface area (Å²) in [5, 5.41) is 13.7. The first-order valence-corrected chi connectivity index (χ1v) is 5.46. The van der Waals surface area contributed by atoms with E-state index in [4.69, 9.17) is 0 Å². The van der Waals surface area contributed by atoms with Crippen LogP contribution in [0.5, 0.6) is 0 Å². The van der Waals surface area contributed by atoms with E-state index in [-0.39, 0.29) is 11.5 Å². The summed E-state index contributed by atoms with van der Waals surface area (Å²) in [5.41, 5.74) is 0.544. The SMILES string of the molecule is O=C1CSC(=Nc2cccc(C(=O)[O-])c2)N1. The van der Waals surface area contributed by atoms with Crippen LogP contribution in [0.2, 0.25) is 0 Å². The maximum atomic E-state index is 10.9. The molecule has 6 heteroatoms. The molecule has 1 fully saturated rings. The molecular weight excluding hydrogens is 228 g/mol. The fraction of sp³-hybridized carbons (Fsp3) is 0.100. The van der Waals surface area contributed by atoms with E-state index in [0.717, 1.165) is 0 Å². The number of hydrogen-bond donors (Lipinski definition) is 1. The van der Waals surface area contributed by atoms with Gasteiger partial charge in [0.05, 0.1) is 17.4 Å². The number of nitrogens with one attached hydrogen (secondary N) is 1. The lowest BCUT2D eigenvalue weighted by Gasteiger charge is -2.03. The number of nitrogens with zero attached hydrogens (tertiary/aromatic N) is 1. The molecule has 0 aliphatic carbocycles. The van der Waals surface area contributed by atoms with Crippen molar-refractivity contribution < 1.29 is 14.7 Å². The molecule has 0 unspecified atom stereocenters. The first-order chi connectivity index (χ1) is 7.65. The van der Waals surface area contributed by atoms with Gasteiger partial charge in [0, 0.05) is 0 Å². The van der Waals surface area contributed by atoms with Gasteiger partial charge < -0.3 is 15.2 Å². The summed E-state index contributed by atoms with van der Waals surface area (Å²) in [7, 11) is 0. The van der Waals surface area contributed by atoms with Crippen molar-refractivity contribution in [2.75, 3.05) is 5.75 Å². The Morgan fingerprint density at radius 3 is 2.94 bits per heavy atom. The van der Waals surface area contributed by atoms with E-state index >= 15 is 0 Å². The number of thioether (sulfide) groups is 1. The Morgan fingerprint density at radius 1 is 1.50 bits per heavy atom. The highest BCUT2D eigenvalue weighted by Crippen LogP contribution is 2.18. The maximum absolute atomic E-state index is 10.9. The Morgan fingerprint density at radius 2 is 2.31 bits per heavy atom. The van der Waals surface area contributed by atoms with E-state index in [1.165, 1.54) is 23.9 Å². The molecule has 0 spiro atoms. The number of amides is 1. The molecular formula is C10H7N2O3S-. The smallest absolute Gasteiger partial charge is 0.236 e. The zero-order chi connectivity index (χ0) is 11.5. The van der Waals surface area contributed by atoms with E-state index in [2.05, 4.69) is 10.3 Å². The first kappa shape index (κ1) is 10.7. The lowest BCUT2D eigenvalue weighted by atomic mass is 10.2. The van der Waals surface area contributed by atoms with Crippen molar-refractivity contribution in [3.63, 3.8) is 0 Å². The van der Waals surface area contributed by atoms with Crippen molar-refractivity contribution in [2.24, 2.45) is 4.99 Å². The van der Waals surface area contributed by atoms with Gasteiger partial charge in [0.25, 0.3) is 0 Å². The van der Waals surface area contributed by atoms with Crippen LogP contribution in [0.15, 0.2) is 29.3 Å². The van der Waals surface area contributed by atoms with Gasteiger partial charge in [0.2, 0.25) is 5.91 Å². The zero-order valence-electron chi connectivity index (χ0n) is 8.10. The van der Waals surface area contributed by atoms with E-state index in [1.54, 1.807) is 12.1 Å². The molecule has 0 radical (unpaired) electrons. The van der Waals surface area contributed by atoms with Crippen LogP contribution < -0.4 is 10.4 Å². The molecule has 1 heterocycles. The van der Waals surface area contributed by atoms with E-state index in [9.17, 15) is 14.7 Å². The molecule has 2 rings (SSSR count). The highest BCUT2D eigenvalue weighted by molar-refractivity contribution is 8.15. The molecule has 1 aliphatic rings. The van der Waals surface area contributed by atoms with Gasteiger partial charge in [0.15, 0.2) is 5.17 Å². The third-order valence-corrected chi connectivity index (χ3v) is 2.77. The van der Waals surface area contributed by atoms with Crippen molar-refractivity contribution in [1.29, 1.82) is 0 Å². The third-order valence-electron chi connectivity index (χ3n) is 1.90. The average molecular weight is 235 g/mol. The Hall–Kier alpha value is -1.82. The molecule has 82 valence electrons. The fourth-order valence-electron chi connectivity index (χ4n) is 1.21. The molecule has 16 heavy (non-hydrogen) atoms. The molecule has 0 saturated carbocycles. The Kier molecular flexibility index (Phi) is 2.91. The number of carbonyl (C=O) groups is 2. The Bertz CT molecular complexity index is 485. The quantitative estimate of drug-likeness (QED) is 0.776. The number of aromatic carboxylic acids is 1. The maximum Gasteiger partial charge on any atom is 0.236 e. The van der Waals surface area contributed by atoms with E-state index in [0.29, 0.717) is 16.6 Å². The van der Waals surface area contributed by atoms with Gasteiger partial charge in [-0.2, -0.15) is 0 Å². The summed E-state index contributed by atoms with van der Waals surface area (Å²) in [6.07, 6.45) is 0. The normalized spacial score (nSPS) is 17.5. The molecule has 1 N–H and O–H groups in total. The van der Waals surface area contributed by atoms with Crippen molar-refractivity contribution >= 4 is 34.5 Å². The molecule has 1 aromatic rings. The van der Waals surface area contributed by atoms with Crippen LogP contribution in [0.3, 0.4) is 0 Å². The molecule has 0 atom stereocenters. The molecule has 1 amide bonds. The third kappa shape index (κ3) is 2.40. The van der Waals surface area contributed by atoms with Gasteiger partial charge in [-0.05, 0) is 17.7 Å². The second-order valence-electron chi connectivity index (χ2n) is 3.09. The summed E-state index contributed by atoms with van der Waals surface area (Å²) >= 11 is 1.29. The van der Waals surface area contributed by atoms with E-state index < -0.39 is 5.97 Å². The zero-order valence-corrected chi connectivity index (χ0v) is 8.91. The summed E-state index contributed by atoms with van der Waals surface area (Å²) in [6.45, 7) is 0. The number of benzene rings is 1. The highest BCUT2D eigenvalue weighted by Gasteiger charge is 2.16. The number of carbonyl (C=O) groups excluding carboxylic acids is 2. The van der Waals surface area contributed by atoms with Crippen molar-refractivity contribution in [3.8, 4) is 0 Å². The second kappa shape index (κ2) is 4.36. The lowest BCUT2D eigenvalue weighted by molar-refractivity contribution is -0.255. The second-order valence-corrected chi connectivity index (χ2v) is 4.06. The van der Waals surface area contributed by atoms with Crippen molar-refractivity contribution in [3.05, 3.63) is 29.8 Å². The number of carboxylic acids is 1. The summed E-state index contributed by atoms with van der Waals surface area (Å²) < 4.78 is 0. The predicted molar refractivity (Wildman–Crippen MR) is 58.5 cm³/mol. The van der Waals surface area contributed by atoms with Crippen LogP contribution in [0.25, 0.3) is 0 Å². The average Bonchev–Trinajstić information content (AvgIpc) is 2.64. The van der Waals surface area contributed by atoms with Crippen LogP contribution in [-0.4, -0.2) is 22.8 Å². The summed E-state index contributed by atoms with van der Waals surface area (Å²) in [6, 6.07) is 6.06. The minimum absolute atomic E-state index is 0.0659. The number of rotatable bonds is 2. The Labute approximate surface area is 95.6 Å². The van der Waals surface area contributed by atoms with Gasteiger partial charge >= 0.3 is 0 Å². The number of amidine groups is 1. The van der Waals surface area contributed by atoms with Crippen molar-refractivity contribution in [1.82, 2.24) is 5.32 Å². The van der Waals surface area contributed by atoms with Gasteiger partial charge in [-0.1, -0.05) is 23.9 Å². The van der Waals surface area contributed by atoms with Gasteiger partial charge in [-0.3, -0.25) is 4.79 Å². The number of aliphatic imine (C=N–C) groups is 1. The minimum atomic E-state index is -1.25. The van der Waals surface area contributed by atoms with E-state index in [1.807, 2.05) is 0 Å². The topological polar surface area (TPSA) is 81.6 Å². The van der Waals surface area contributed by atoms with Crippen LogP contribution >= 0.6 is 11.8 Å². The van der Waals surface area contributed by atoms with Gasteiger partial charge in [-0.25, -0.2) is 4.99 Å². The van der Waals surface area contributed by atoms with Crippen molar-refractivity contribution in [2.45, 2.75) is 0 Å². The summed E-state index contributed by atoms with van der Waals surface area (Å²) in [4.78, 5) is 25.6. The number of hydrogen-bond acceptors (Lipinski definition) is 5. The predicted octanol–water partition coefficient (Wildman–Crippen LogP) is -0.0994. The van der Waals surface area contributed by atoms with Crippen LogP contribution in [-0.2, 0) is 4.79 Å². The largest absolute Gasteiger partial charge is 0.545 e. The summed E-state index contributed by atoms with van der Waals surface area (Å²) in [5.74, 6) is -0.996. The molecule has 0 bridgehead atoms. The molecule has 5 nitrogen and oxygen atoms in total. The fourth-order valence-corrected chi connectivity index (χ4v) is 1.90. The van der Waals surface area contributed by atoms with Gasteiger partial charge in [-0.15, -0.1) is 0 Å². The molecule has 0 aromatic heterocycles. The standard InChI is InChI=1S/C10H8N2O3S/c13-8-5-16-10(12-8)11-7-3-1-2-6(4-7)9(14)15/h1-4H,5H2,(H,14,15)(H,11,12,13)/p-1. The lowest BCUT2D eigenvalue weighted by Crippen LogP contribution is -2.22. The van der Waals surface area contributed by atoms with Gasteiger partial charge in [0.1, 0.15) is 0 Å². The minimum Gasteiger partial charge on any atom is -0.545 e. The van der Waals surface area contributed by atoms with Crippen LogP contribution in [0, 0.1) is 0 Å². The monoisotopic (exact) mass is 235 g/mol. The molecule has 1 aliphatic heterocycles. The van der Waals surface area contributed by atoms with Crippen LogP contribution in [0.1, 0.15) is 10.4 Å². The highest BCUT2D eigenvalue weighted by atomic mass is 32.2. The first-order valence-electron chi connectivity index (χ1n) is 4.48. The molecule has 1 aromatic carbocycles. The Balaban J connectivity index is 2.24. The van der Waals surface area contributed by atoms with Crippen LogP contribution in [0.4, 0.5) is 5.69 Å².